The van der Waals surface area contributed by atoms with Crippen molar-refractivity contribution in [2.45, 2.75) is 63.0 Å². The van der Waals surface area contributed by atoms with Crippen LogP contribution in [0.1, 0.15) is 62.8 Å². The molecule has 0 atom stereocenters. The van der Waals surface area contributed by atoms with Gasteiger partial charge >= 0.3 is 5.76 Å². The fourth-order valence-corrected chi connectivity index (χ4v) is 7.18. The number of nitrogens with zero attached hydrogens (tertiary/aromatic N) is 3. The average Bonchev–Trinajstić information content (AvgIpc) is 3.47. The molecule has 5 aliphatic carbocycles. The average molecular weight is 453 g/mol. The summed E-state index contributed by atoms with van der Waals surface area (Å²) in [6.07, 6.45) is 11.7. The summed E-state index contributed by atoms with van der Waals surface area (Å²) < 4.78 is 58.4. The highest BCUT2D eigenvalue weighted by Crippen LogP contribution is 2.60. The second-order valence-corrected chi connectivity index (χ2v) is 11.9. The summed E-state index contributed by atoms with van der Waals surface area (Å²) in [6.45, 7) is 0.700. The van der Waals surface area contributed by atoms with Crippen molar-refractivity contribution in [3.63, 3.8) is 0 Å². The molecule has 168 valence electrons. The first kappa shape index (κ1) is 19.7. The van der Waals surface area contributed by atoms with E-state index in [-0.39, 0.29) is 11.4 Å². The molecule has 2 heterocycles. The lowest BCUT2D eigenvalue weighted by Gasteiger charge is -2.56. The normalized spacial score (nSPS) is 32.2. The Morgan fingerprint density at radius 1 is 1.13 bits per heavy atom. The molecule has 5 saturated carbocycles. The number of hydrogen-bond donors (Lipinski definition) is 1. The van der Waals surface area contributed by atoms with Crippen LogP contribution in [0.25, 0.3) is 5.65 Å². The molecule has 5 fully saturated rings. The number of pyridine rings is 1. The Labute approximate surface area is 179 Å². The fraction of sp³-hybridized carbons (Fsp3) is 0.714. The molecule has 0 unspecified atom stereocenters. The topological polar surface area (TPSA) is 85.6 Å². The number of ether oxygens (including phenoxy) is 1. The van der Waals surface area contributed by atoms with Gasteiger partial charge in [-0.1, -0.05) is 0 Å². The third-order valence-electron chi connectivity index (χ3n) is 7.72. The van der Waals surface area contributed by atoms with Gasteiger partial charge in [0, 0.05) is 23.2 Å². The lowest BCUT2D eigenvalue weighted by molar-refractivity contribution is -0.0746. The summed E-state index contributed by atoms with van der Waals surface area (Å²) in [7, 11) is -4.81. The molecular weight excluding hydrogens is 426 g/mol. The van der Waals surface area contributed by atoms with Crippen molar-refractivity contribution in [3.05, 3.63) is 17.8 Å². The lowest BCUT2D eigenvalue weighted by atomic mass is 9.50. The fourth-order valence-electron chi connectivity index (χ4n) is 6.70. The molecule has 0 aromatic carbocycles. The maximum atomic E-state index is 12.8. The van der Waals surface area contributed by atoms with Crippen LogP contribution in [0.3, 0.4) is 0 Å². The minimum absolute atomic E-state index is 0.232. The number of anilines is 1. The molecule has 0 amide bonds. The van der Waals surface area contributed by atoms with Gasteiger partial charge in [0.2, 0.25) is 5.95 Å². The van der Waals surface area contributed by atoms with E-state index >= 15 is 0 Å². The lowest BCUT2D eigenvalue weighted by Crippen LogP contribution is -2.48. The molecule has 0 radical (unpaired) electrons. The van der Waals surface area contributed by atoms with Crippen LogP contribution < -0.4 is 9.46 Å². The molecule has 7 rings (SSSR count). The van der Waals surface area contributed by atoms with Crippen molar-refractivity contribution in [3.8, 4) is 5.75 Å². The molecular formula is C21H26F2N4O3S. The number of rotatable bonds is 7. The van der Waals surface area contributed by atoms with E-state index in [1.807, 2.05) is 4.72 Å². The zero-order valence-electron chi connectivity index (χ0n) is 17.1. The summed E-state index contributed by atoms with van der Waals surface area (Å²) in [5.74, 6) is -0.124. The summed E-state index contributed by atoms with van der Waals surface area (Å²) in [5.41, 5.74) is 1.61. The van der Waals surface area contributed by atoms with Crippen LogP contribution in [0.4, 0.5) is 14.7 Å². The van der Waals surface area contributed by atoms with E-state index < -0.39 is 15.8 Å². The standard InChI is InChI=1S/C21H26F2N4O3S/c22-19(23)31(28,29)26-20-25-24-18-6-17(16(10-27(18)20)15-1-2-15)30-11-21-7-12-3-13(8-21)5-14(4-12)9-21/h6,10,12-15,19H,1-5,7-9,11H2,(H,25,26). The van der Waals surface area contributed by atoms with Gasteiger partial charge in [-0.15, -0.1) is 10.2 Å². The number of sulfonamides is 1. The first-order valence-corrected chi connectivity index (χ1v) is 12.7. The van der Waals surface area contributed by atoms with E-state index in [1.54, 1.807) is 12.3 Å². The van der Waals surface area contributed by atoms with Gasteiger partial charge in [-0.2, -0.15) is 8.78 Å². The van der Waals surface area contributed by atoms with E-state index in [0.717, 1.165) is 41.9 Å². The van der Waals surface area contributed by atoms with Crippen molar-refractivity contribution in [2.24, 2.45) is 23.2 Å². The van der Waals surface area contributed by atoms with Gasteiger partial charge < -0.3 is 4.74 Å². The zero-order chi connectivity index (χ0) is 21.4. The summed E-state index contributed by atoms with van der Waals surface area (Å²) in [6, 6.07) is 1.77. The second kappa shape index (κ2) is 6.76. The van der Waals surface area contributed by atoms with Crippen LogP contribution in [0.15, 0.2) is 12.3 Å². The number of fused-ring (bicyclic) bond motifs is 1. The molecule has 31 heavy (non-hydrogen) atoms. The Kier molecular flexibility index (Phi) is 4.30. The first-order chi connectivity index (χ1) is 14.8. The highest BCUT2D eigenvalue weighted by atomic mass is 32.2. The predicted molar refractivity (Wildman–Crippen MR) is 110 cm³/mol. The molecule has 0 spiro atoms. The smallest absolute Gasteiger partial charge is 0.355 e. The highest BCUT2D eigenvalue weighted by molar-refractivity contribution is 7.92. The minimum Gasteiger partial charge on any atom is -0.493 e. The van der Waals surface area contributed by atoms with Crippen molar-refractivity contribution in [2.75, 3.05) is 11.3 Å². The van der Waals surface area contributed by atoms with E-state index in [4.69, 9.17) is 4.74 Å². The van der Waals surface area contributed by atoms with Crippen LogP contribution in [0, 0.1) is 23.2 Å². The SMILES string of the molecule is O=S(=O)(Nc1nnc2cc(OCC34CC5CC(CC(C5)C3)C4)c(C3CC3)cn12)C(F)F. The third kappa shape index (κ3) is 3.47. The maximum absolute atomic E-state index is 12.8. The molecule has 4 bridgehead atoms. The quantitative estimate of drug-likeness (QED) is 0.682. The molecule has 10 heteroatoms. The molecule has 7 nitrogen and oxygen atoms in total. The van der Waals surface area contributed by atoms with Crippen molar-refractivity contribution in [1.29, 1.82) is 0 Å². The van der Waals surface area contributed by atoms with Crippen molar-refractivity contribution >= 4 is 21.6 Å². The number of aromatic nitrogens is 3. The predicted octanol–water partition coefficient (Wildman–Crippen LogP) is 4.17. The van der Waals surface area contributed by atoms with Crippen LogP contribution in [0.5, 0.6) is 5.75 Å². The molecule has 1 N–H and O–H groups in total. The maximum Gasteiger partial charge on any atom is 0.355 e. The Morgan fingerprint density at radius 3 is 2.35 bits per heavy atom. The van der Waals surface area contributed by atoms with Gasteiger partial charge in [0.05, 0.1) is 6.61 Å². The molecule has 2 aromatic rings. The summed E-state index contributed by atoms with van der Waals surface area (Å²) in [5, 5.41) is 7.75. The van der Waals surface area contributed by atoms with Crippen LogP contribution >= 0.6 is 0 Å². The zero-order valence-corrected chi connectivity index (χ0v) is 18.0. The Bertz CT molecular complexity index is 1090. The largest absolute Gasteiger partial charge is 0.493 e. The molecule has 2 aromatic heterocycles. The van der Waals surface area contributed by atoms with E-state index in [2.05, 4.69) is 10.2 Å². The van der Waals surface area contributed by atoms with E-state index in [9.17, 15) is 17.2 Å². The van der Waals surface area contributed by atoms with Crippen molar-refractivity contribution < 1.29 is 21.9 Å². The van der Waals surface area contributed by atoms with Crippen LogP contribution in [0.2, 0.25) is 0 Å². The van der Waals surface area contributed by atoms with Gasteiger partial charge in [0.15, 0.2) is 5.65 Å². The first-order valence-electron chi connectivity index (χ1n) is 11.1. The second-order valence-electron chi connectivity index (χ2n) is 10.2. The van der Waals surface area contributed by atoms with Crippen LogP contribution in [-0.4, -0.2) is 35.4 Å². The highest BCUT2D eigenvalue weighted by Gasteiger charge is 2.51. The Morgan fingerprint density at radius 2 is 1.77 bits per heavy atom. The van der Waals surface area contributed by atoms with E-state index in [1.165, 1.54) is 42.9 Å². The molecule has 0 saturated heterocycles. The van der Waals surface area contributed by atoms with Gasteiger partial charge in [0.1, 0.15) is 5.75 Å². The summed E-state index contributed by atoms with van der Waals surface area (Å²) in [4.78, 5) is 0. The Hall–Kier alpha value is -1.97. The van der Waals surface area contributed by atoms with Gasteiger partial charge in [0.25, 0.3) is 10.0 Å². The number of halogens is 2. The minimum atomic E-state index is -4.81. The third-order valence-corrected chi connectivity index (χ3v) is 8.66. The van der Waals surface area contributed by atoms with Crippen LogP contribution in [-0.2, 0) is 10.0 Å². The number of alkyl halides is 2. The molecule has 0 aliphatic heterocycles. The van der Waals surface area contributed by atoms with E-state index in [0.29, 0.717) is 18.2 Å². The monoisotopic (exact) mass is 452 g/mol. The van der Waals surface area contributed by atoms with Gasteiger partial charge in [-0.05, 0) is 75.0 Å². The Balaban J connectivity index is 1.28. The van der Waals surface area contributed by atoms with Gasteiger partial charge in [-0.25, -0.2) is 13.1 Å². The number of nitrogens with one attached hydrogen (secondary N) is 1. The number of hydrogen-bond acceptors (Lipinski definition) is 5. The summed E-state index contributed by atoms with van der Waals surface area (Å²) >= 11 is 0. The molecule has 5 aliphatic rings. The van der Waals surface area contributed by atoms with Crippen molar-refractivity contribution in [1.82, 2.24) is 14.6 Å². The van der Waals surface area contributed by atoms with Gasteiger partial charge in [-0.3, -0.25) is 4.40 Å².